The van der Waals surface area contributed by atoms with Gasteiger partial charge in [0, 0.05) is 17.2 Å². The van der Waals surface area contributed by atoms with Gasteiger partial charge in [0.25, 0.3) is 0 Å². The number of nitriles is 2. The first kappa shape index (κ1) is 22.4. The van der Waals surface area contributed by atoms with Crippen molar-refractivity contribution in [3.05, 3.63) is 101 Å². The van der Waals surface area contributed by atoms with Gasteiger partial charge in [-0.25, -0.2) is 0 Å². The van der Waals surface area contributed by atoms with Crippen molar-refractivity contribution in [3.8, 4) is 17.9 Å². The molecule has 2 aliphatic rings. The van der Waals surface area contributed by atoms with E-state index in [2.05, 4.69) is 12.1 Å². The summed E-state index contributed by atoms with van der Waals surface area (Å²) in [5.41, 5.74) is 2.75. The first-order valence-corrected chi connectivity index (χ1v) is 11.8. The summed E-state index contributed by atoms with van der Waals surface area (Å²) >= 11 is 0. The topological polar surface area (TPSA) is 77.1 Å². The number of ether oxygens (including phenoxy) is 1. The fourth-order valence-corrected chi connectivity index (χ4v) is 5.43. The van der Waals surface area contributed by atoms with Crippen molar-refractivity contribution in [2.75, 3.05) is 11.5 Å². The van der Waals surface area contributed by atoms with Crippen molar-refractivity contribution < 1.29 is 9.53 Å². The SMILES string of the molecule is CCOc1ccc([C@@H]2[C@H](C(=O)c3ccc(C)cc3)N3c4ccccc4C=C[C@@H]3C2(C#N)C#N)cc1. The average molecular weight is 460 g/mol. The number of Topliss-reactive ketones (excluding diaryl/α,β-unsaturated/α-hetero) is 1. The third kappa shape index (κ3) is 3.49. The van der Waals surface area contributed by atoms with E-state index in [4.69, 9.17) is 4.74 Å². The van der Waals surface area contributed by atoms with Crippen molar-refractivity contribution in [1.29, 1.82) is 10.5 Å². The molecule has 0 radical (unpaired) electrons. The van der Waals surface area contributed by atoms with Crippen LogP contribution in [0.5, 0.6) is 5.75 Å². The molecule has 5 rings (SSSR count). The van der Waals surface area contributed by atoms with Crippen LogP contribution in [0, 0.1) is 35.0 Å². The number of carbonyl (C=O) groups is 1. The Hall–Kier alpha value is -4.35. The van der Waals surface area contributed by atoms with Crippen LogP contribution < -0.4 is 9.64 Å². The van der Waals surface area contributed by atoms with Crippen LogP contribution in [0.1, 0.15) is 39.9 Å². The number of fused-ring (bicyclic) bond motifs is 3. The maximum absolute atomic E-state index is 14.2. The van der Waals surface area contributed by atoms with Gasteiger partial charge < -0.3 is 9.64 Å². The summed E-state index contributed by atoms with van der Waals surface area (Å²) in [7, 11) is 0. The number of rotatable bonds is 5. The highest BCUT2D eigenvalue weighted by atomic mass is 16.5. The van der Waals surface area contributed by atoms with Crippen LogP contribution in [0.15, 0.2) is 78.9 Å². The summed E-state index contributed by atoms with van der Waals surface area (Å²) in [5.74, 6) is -0.0627. The highest BCUT2D eigenvalue weighted by Gasteiger charge is 2.63. The molecule has 3 aromatic rings. The van der Waals surface area contributed by atoms with E-state index >= 15 is 0 Å². The zero-order chi connectivity index (χ0) is 24.6. The highest BCUT2D eigenvalue weighted by molar-refractivity contribution is 6.04. The van der Waals surface area contributed by atoms with E-state index in [9.17, 15) is 15.3 Å². The molecule has 0 aliphatic carbocycles. The van der Waals surface area contributed by atoms with E-state index in [1.165, 1.54) is 0 Å². The lowest BCUT2D eigenvalue weighted by Gasteiger charge is -2.35. The van der Waals surface area contributed by atoms with Crippen LogP contribution in [0.3, 0.4) is 0 Å². The molecule has 0 amide bonds. The summed E-state index contributed by atoms with van der Waals surface area (Å²) in [4.78, 5) is 16.2. The van der Waals surface area contributed by atoms with Gasteiger partial charge in [0.2, 0.25) is 0 Å². The molecular weight excluding hydrogens is 434 g/mol. The molecule has 0 spiro atoms. The molecule has 1 saturated heterocycles. The van der Waals surface area contributed by atoms with E-state index in [1.54, 1.807) is 0 Å². The Kier molecular flexibility index (Phi) is 5.63. The molecule has 0 N–H and O–H groups in total. The molecule has 3 aromatic carbocycles. The van der Waals surface area contributed by atoms with Crippen molar-refractivity contribution in [1.82, 2.24) is 0 Å². The smallest absolute Gasteiger partial charge is 0.185 e. The lowest BCUT2D eigenvalue weighted by atomic mass is 9.69. The maximum atomic E-state index is 14.2. The Balaban J connectivity index is 1.74. The fourth-order valence-electron chi connectivity index (χ4n) is 5.43. The van der Waals surface area contributed by atoms with Crippen LogP contribution in [0.4, 0.5) is 5.69 Å². The molecule has 172 valence electrons. The fraction of sp³-hybridized carbons (Fsp3) is 0.233. The standard InChI is InChI=1S/C30H25N3O2/c1-3-35-24-15-12-22(13-16-24)27-28(29(34)23-10-8-20(2)9-11-23)33-25-7-5-4-6-21(25)14-17-26(33)30(27,18-31)19-32/h4-17,26-28H,3H2,1-2H3/t26-,27-,28-/m1/s1. The summed E-state index contributed by atoms with van der Waals surface area (Å²) in [6.07, 6.45) is 3.85. The number of anilines is 1. The van der Waals surface area contributed by atoms with Gasteiger partial charge in [0.05, 0.1) is 24.8 Å². The maximum Gasteiger partial charge on any atom is 0.185 e. The van der Waals surface area contributed by atoms with Gasteiger partial charge in [-0.3, -0.25) is 4.79 Å². The number of ketones is 1. The lowest BCUT2D eigenvalue weighted by Crippen LogP contribution is -2.44. The molecule has 2 heterocycles. The first-order chi connectivity index (χ1) is 17.0. The first-order valence-electron chi connectivity index (χ1n) is 11.8. The van der Waals surface area contributed by atoms with E-state index in [1.807, 2.05) is 104 Å². The third-order valence-corrected chi connectivity index (χ3v) is 7.07. The van der Waals surface area contributed by atoms with Crippen molar-refractivity contribution in [2.24, 2.45) is 5.41 Å². The number of hydrogen-bond donors (Lipinski definition) is 0. The van der Waals surface area contributed by atoms with Gasteiger partial charge in [0.1, 0.15) is 11.8 Å². The predicted molar refractivity (Wildman–Crippen MR) is 135 cm³/mol. The van der Waals surface area contributed by atoms with Gasteiger partial charge in [-0.05, 0) is 43.2 Å². The monoisotopic (exact) mass is 459 g/mol. The zero-order valence-electron chi connectivity index (χ0n) is 19.7. The number of carbonyl (C=O) groups excluding carboxylic acids is 1. The van der Waals surface area contributed by atoms with Crippen LogP contribution in [0.25, 0.3) is 6.08 Å². The van der Waals surface area contributed by atoms with Crippen molar-refractivity contribution in [3.63, 3.8) is 0 Å². The number of benzene rings is 3. The van der Waals surface area contributed by atoms with Gasteiger partial charge in [-0.2, -0.15) is 10.5 Å². The third-order valence-electron chi connectivity index (χ3n) is 7.07. The number of aryl methyl sites for hydroxylation is 1. The van der Waals surface area contributed by atoms with Gasteiger partial charge in [0.15, 0.2) is 11.2 Å². The van der Waals surface area contributed by atoms with Crippen LogP contribution in [-0.2, 0) is 0 Å². The largest absolute Gasteiger partial charge is 0.494 e. The molecule has 35 heavy (non-hydrogen) atoms. The Morgan fingerprint density at radius 3 is 2.34 bits per heavy atom. The van der Waals surface area contributed by atoms with Crippen LogP contribution in [-0.4, -0.2) is 24.5 Å². The molecule has 5 nitrogen and oxygen atoms in total. The Morgan fingerprint density at radius 2 is 1.69 bits per heavy atom. The summed E-state index contributed by atoms with van der Waals surface area (Å²) in [6, 6.07) is 26.1. The Morgan fingerprint density at radius 1 is 1.00 bits per heavy atom. The van der Waals surface area contributed by atoms with E-state index < -0.39 is 23.4 Å². The molecule has 0 aromatic heterocycles. The molecule has 1 fully saturated rings. The summed E-state index contributed by atoms with van der Waals surface area (Å²) in [5, 5.41) is 21.0. The second-order valence-corrected chi connectivity index (χ2v) is 9.02. The minimum Gasteiger partial charge on any atom is -0.494 e. The minimum atomic E-state index is -1.46. The van der Waals surface area contributed by atoms with E-state index in [0.717, 1.165) is 22.4 Å². The molecule has 0 unspecified atom stereocenters. The number of nitrogens with zero attached hydrogens (tertiary/aromatic N) is 3. The molecule has 0 bridgehead atoms. The minimum absolute atomic E-state index is 0.105. The second-order valence-electron chi connectivity index (χ2n) is 9.02. The molecule has 5 heteroatoms. The number of hydrogen-bond acceptors (Lipinski definition) is 5. The lowest BCUT2D eigenvalue weighted by molar-refractivity contribution is 0.0951. The summed E-state index contributed by atoms with van der Waals surface area (Å²) in [6.45, 7) is 4.43. The average Bonchev–Trinajstić information content (AvgIpc) is 3.20. The zero-order valence-corrected chi connectivity index (χ0v) is 19.7. The second kappa shape index (κ2) is 8.78. The van der Waals surface area contributed by atoms with E-state index in [0.29, 0.717) is 17.9 Å². The Labute approximate surface area is 205 Å². The van der Waals surface area contributed by atoms with Crippen molar-refractivity contribution in [2.45, 2.75) is 31.8 Å². The van der Waals surface area contributed by atoms with Crippen LogP contribution >= 0.6 is 0 Å². The molecule has 0 saturated carbocycles. The van der Waals surface area contributed by atoms with E-state index in [-0.39, 0.29) is 5.78 Å². The molecule has 3 atom stereocenters. The van der Waals surface area contributed by atoms with Gasteiger partial charge in [-0.15, -0.1) is 0 Å². The van der Waals surface area contributed by atoms with Gasteiger partial charge in [-0.1, -0.05) is 72.3 Å². The van der Waals surface area contributed by atoms with Crippen LogP contribution in [0.2, 0.25) is 0 Å². The molecule has 2 aliphatic heterocycles. The number of para-hydroxylation sites is 1. The highest BCUT2D eigenvalue weighted by Crippen LogP contribution is 2.55. The quantitative estimate of drug-likeness (QED) is 0.459. The van der Waals surface area contributed by atoms with Crippen molar-refractivity contribution >= 4 is 17.5 Å². The molecular formula is C30H25N3O2. The summed E-state index contributed by atoms with van der Waals surface area (Å²) < 4.78 is 5.61. The Bertz CT molecular complexity index is 1360. The normalized spacial score (nSPS) is 21.4. The van der Waals surface area contributed by atoms with Gasteiger partial charge >= 0.3 is 0 Å². The predicted octanol–water partition coefficient (Wildman–Crippen LogP) is 5.68.